The molecule has 1 fully saturated rings. The molecule has 0 saturated carbocycles. The summed E-state index contributed by atoms with van der Waals surface area (Å²) in [5.74, 6) is 1.83. The van der Waals surface area contributed by atoms with Gasteiger partial charge in [0.2, 0.25) is 5.91 Å². The van der Waals surface area contributed by atoms with Gasteiger partial charge in [-0.05, 0) is 67.9 Å². The molecule has 3 aromatic rings. The summed E-state index contributed by atoms with van der Waals surface area (Å²) in [5.41, 5.74) is 2.53. The number of aromatic hydroxyl groups is 2. The predicted octanol–water partition coefficient (Wildman–Crippen LogP) is 6.60. The summed E-state index contributed by atoms with van der Waals surface area (Å²) in [7, 11) is 0. The summed E-state index contributed by atoms with van der Waals surface area (Å²) >= 11 is 0. The normalized spacial score (nSPS) is 16.4. The summed E-state index contributed by atoms with van der Waals surface area (Å²) in [4.78, 5) is 15.6. The van der Waals surface area contributed by atoms with Gasteiger partial charge in [0.15, 0.2) is 11.8 Å². The Morgan fingerprint density at radius 2 is 1.69 bits per heavy atom. The molecule has 0 radical (unpaired) electrons. The molecule has 0 spiro atoms. The number of hydrogen-bond donors (Lipinski definition) is 2. The number of rotatable bonds is 9. The van der Waals surface area contributed by atoms with Crippen LogP contribution in [0.25, 0.3) is 0 Å². The quantitative estimate of drug-likeness (QED) is 0.354. The van der Waals surface area contributed by atoms with Gasteiger partial charge < -0.3 is 19.8 Å². The van der Waals surface area contributed by atoms with Gasteiger partial charge in [0.1, 0.15) is 17.5 Å². The maximum absolute atomic E-state index is 13.8. The largest absolute Gasteiger partial charge is 0.494 e. The van der Waals surface area contributed by atoms with Crippen molar-refractivity contribution in [2.24, 2.45) is 5.92 Å². The highest BCUT2D eigenvalue weighted by molar-refractivity contribution is 5.81. The number of nitrogens with zero attached hydrogens (tertiary/aromatic N) is 2. The van der Waals surface area contributed by atoms with Crippen LogP contribution in [0.4, 0.5) is 0 Å². The Hall–Kier alpha value is -3.41. The number of para-hydroxylation sites is 1. The second-order valence-corrected chi connectivity index (χ2v) is 10.2. The molecule has 0 aliphatic carbocycles. The number of hydrogen-bond acceptors (Lipinski definition) is 4. The van der Waals surface area contributed by atoms with E-state index in [4.69, 9.17) is 4.74 Å². The topological polar surface area (TPSA) is 74.9 Å². The highest BCUT2D eigenvalue weighted by Gasteiger charge is 2.34. The van der Waals surface area contributed by atoms with Gasteiger partial charge in [-0.2, -0.15) is 0 Å². The zero-order valence-electron chi connectivity index (χ0n) is 21.6. The van der Waals surface area contributed by atoms with Crippen molar-refractivity contribution in [2.45, 2.75) is 71.9 Å². The molecule has 6 heteroatoms. The van der Waals surface area contributed by atoms with Gasteiger partial charge in [-0.1, -0.05) is 57.5 Å². The lowest BCUT2D eigenvalue weighted by atomic mass is 9.99. The molecule has 2 heterocycles. The van der Waals surface area contributed by atoms with E-state index >= 15 is 0 Å². The molecule has 1 aliphatic heterocycles. The third-order valence-corrected chi connectivity index (χ3v) is 6.79. The monoisotopic (exact) mass is 490 g/mol. The zero-order chi connectivity index (χ0) is 25.7. The second kappa shape index (κ2) is 11.5. The number of aromatic nitrogens is 1. The van der Waals surface area contributed by atoms with E-state index in [1.165, 1.54) is 4.57 Å². The number of benzene rings is 2. The molecule has 1 atom stereocenters. The van der Waals surface area contributed by atoms with Crippen LogP contribution in [0.15, 0.2) is 54.6 Å². The lowest BCUT2D eigenvalue weighted by Crippen LogP contribution is -2.35. The third kappa shape index (κ3) is 5.69. The maximum atomic E-state index is 13.8. The molecular formula is C30H38N2O4. The van der Waals surface area contributed by atoms with E-state index in [1.807, 2.05) is 59.5 Å². The molecular weight excluding hydrogens is 452 g/mol. The molecule has 0 bridgehead atoms. The van der Waals surface area contributed by atoms with Gasteiger partial charge in [0, 0.05) is 24.2 Å². The van der Waals surface area contributed by atoms with Gasteiger partial charge >= 0.3 is 0 Å². The average molecular weight is 491 g/mol. The maximum Gasteiger partial charge on any atom is 0.246 e. The summed E-state index contributed by atoms with van der Waals surface area (Å²) < 4.78 is 7.48. The summed E-state index contributed by atoms with van der Waals surface area (Å²) in [5, 5.41) is 22.4. The van der Waals surface area contributed by atoms with Crippen molar-refractivity contribution >= 4 is 5.91 Å². The van der Waals surface area contributed by atoms with Crippen LogP contribution in [0.1, 0.15) is 69.2 Å². The number of ether oxygens (including phenoxy) is 1. The number of amides is 1. The van der Waals surface area contributed by atoms with Gasteiger partial charge in [-0.25, -0.2) is 0 Å². The van der Waals surface area contributed by atoms with Gasteiger partial charge in [0.25, 0.3) is 0 Å². The van der Waals surface area contributed by atoms with E-state index in [-0.39, 0.29) is 17.7 Å². The standard InChI is InChI=1S/C30H38N2O4/c1-4-11-25-26(18-21(2)3)29(34)32(28(25)33)27-16-8-9-17-31(30(27)35)20-22-12-10-15-24(19-22)36-23-13-6-5-7-14-23/h5-7,10,12-15,19,21,27,33-34H,4,8-9,11,16-18,20H2,1-3H3/t27-/m0/s1. The molecule has 1 saturated heterocycles. The van der Waals surface area contributed by atoms with Crippen LogP contribution >= 0.6 is 0 Å². The minimum Gasteiger partial charge on any atom is -0.494 e. The summed E-state index contributed by atoms with van der Waals surface area (Å²) in [6.45, 7) is 7.34. The number of likely N-dealkylation sites (tertiary alicyclic amines) is 1. The van der Waals surface area contributed by atoms with Crippen molar-refractivity contribution in [1.29, 1.82) is 0 Å². The molecule has 1 amide bonds. The fourth-order valence-electron chi connectivity index (χ4n) is 5.13. The van der Waals surface area contributed by atoms with Crippen molar-refractivity contribution in [1.82, 2.24) is 9.47 Å². The van der Waals surface area contributed by atoms with Crippen molar-refractivity contribution in [3.8, 4) is 23.3 Å². The van der Waals surface area contributed by atoms with E-state index in [9.17, 15) is 15.0 Å². The Bertz CT molecular complexity index is 1170. The van der Waals surface area contributed by atoms with E-state index in [0.717, 1.165) is 47.5 Å². The van der Waals surface area contributed by atoms with Crippen molar-refractivity contribution in [2.75, 3.05) is 6.54 Å². The van der Waals surface area contributed by atoms with Crippen molar-refractivity contribution in [3.63, 3.8) is 0 Å². The highest BCUT2D eigenvalue weighted by Crippen LogP contribution is 2.41. The first-order valence-corrected chi connectivity index (χ1v) is 13.1. The predicted molar refractivity (Wildman–Crippen MR) is 142 cm³/mol. The fraction of sp³-hybridized carbons (Fsp3) is 0.433. The summed E-state index contributed by atoms with van der Waals surface area (Å²) in [6, 6.07) is 16.8. The first-order valence-electron chi connectivity index (χ1n) is 13.1. The molecule has 6 nitrogen and oxygen atoms in total. The van der Waals surface area contributed by atoms with Crippen LogP contribution < -0.4 is 4.74 Å². The average Bonchev–Trinajstić information content (AvgIpc) is 2.96. The van der Waals surface area contributed by atoms with Gasteiger partial charge in [0.05, 0.1) is 0 Å². The second-order valence-electron chi connectivity index (χ2n) is 10.2. The van der Waals surface area contributed by atoms with Crippen LogP contribution in [0.3, 0.4) is 0 Å². The molecule has 4 rings (SSSR count). The molecule has 1 aliphatic rings. The zero-order valence-corrected chi connectivity index (χ0v) is 21.6. The van der Waals surface area contributed by atoms with Gasteiger partial charge in [-0.15, -0.1) is 0 Å². The summed E-state index contributed by atoms with van der Waals surface area (Å²) in [6.07, 6.45) is 4.52. The Balaban J connectivity index is 1.59. The first-order chi connectivity index (χ1) is 17.4. The van der Waals surface area contributed by atoms with Crippen LogP contribution in [-0.2, 0) is 24.2 Å². The van der Waals surface area contributed by atoms with Crippen molar-refractivity contribution in [3.05, 3.63) is 71.3 Å². The smallest absolute Gasteiger partial charge is 0.246 e. The van der Waals surface area contributed by atoms with E-state index in [0.29, 0.717) is 38.3 Å². The van der Waals surface area contributed by atoms with Crippen molar-refractivity contribution < 1.29 is 19.7 Å². The lowest BCUT2D eigenvalue weighted by molar-refractivity contribution is -0.135. The minimum absolute atomic E-state index is 0.0445. The Morgan fingerprint density at radius 1 is 0.972 bits per heavy atom. The third-order valence-electron chi connectivity index (χ3n) is 6.79. The molecule has 2 N–H and O–H groups in total. The lowest BCUT2D eigenvalue weighted by Gasteiger charge is -2.26. The Labute approximate surface area is 214 Å². The Morgan fingerprint density at radius 3 is 2.42 bits per heavy atom. The molecule has 0 unspecified atom stereocenters. The number of carbonyl (C=O) groups excluding carboxylic acids is 1. The minimum atomic E-state index is -0.618. The molecule has 2 aromatic carbocycles. The van der Waals surface area contributed by atoms with Crippen LogP contribution in [0, 0.1) is 5.92 Å². The SMILES string of the molecule is CCCc1c(CC(C)C)c(O)n([C@H]2CCCCN(Cc3cccc(Oc4ccccc4)c3)C2=O)c1O. The molecule has 192 valence electrons. The highest BCUT2D eigenvalue weighted by atomic mass is 16.5. The fourth-order valence-corrected chi connectivity index (χ4v) is 5.13. The van der Waals surface area contributed by atoms with Crippen LogP contribution in [-0.4, -0.2) is 32.1 Å². The first kappa shape index (κ1) is 25.7. The molecule has 36 heavy (non-hydrogen) atoms. The molecule has 1 aromatic heterocycles. The van der Waals surface area contributed by atoms with E-state index < -0.39 is 6.04 Å². The van der Waals surface area contributed by atoms with Gasteiger partial charge in [-0.3, -0.25) is 9.36 Å². The number of carbonyl (C=O) groups is 1. The van der Waals surface area contributed by atoms with E-state index in [2.05, 4.69) is 20.8 Å². The van der Waals surface area contributed by atoms with E-state index in [1.54, 1.807) is 0 Å². The van der Waals surface area contributed by atoms with Crippen LogP contribution in [0.5, 0.6) is 23.3 Å². The van der Waals surface area contributed by atoms with Crippen LogP contribution in [0.2, 0.25) is 0 Å². The Kier molecular flexibility index (Phi) is 8.24.